The quantitative estimate of drug-likeness (QED) is 0.803. The van der Waals surface area contributed by atoms with E-state index in [1.807, 2.05) is 19.0 Å². The average molecular weight is 379 g/mol. The van der Waals surface area contributed by atoms with E-state index in [-0.39, 0.29) is 36.0 Å². The number of aromatic nitrogens is 1. The van der Waals surface area contributed by atoms with Gasteiger partial charge >= 0.3 is 0 Å². The number of carbonyl (C=O) groups is 2. The van der Waals surface area contributed by atoms with Crippen LogP contribution in [0, 0.1) is 0 Å². The summed E-state index contributed by atoms with van der Waals surface area (Å²) in [4.78, 5) is 30.6. The summed E-state index contributed by atoms with van der Waals surface area (Å²) in [6, 6.07) is 3.02. The number of hydrazone groups is 1. The van der Waals surface area contributed by atoms with Gasteiger partial charge in [0.2, 0.25) is 5.91 Å². The molecule has 0 aliphatic carbocycles. The molecule has 0 aromatic carbocycles. The topological polar surface area (TPSA) is 112 Å². The van der Waals surface area contributed by atoms with Gasteiger partial charge in [-0.25, -0.2) is 18.4 Å². The molecule has 1 N–H and O–H groups in total. The van der Waals surface area contributed by atoms with Crippen molar-refractivity contribution in [2.24, 2.45) is 5.10 Å². The van der Waals surface area contributed by atoms with E-state index < -0.39 is 21.8 Å². The molecule has 1 atom stereocenters. The Hall–Kier alpha value is -2.49. The molecule has 2 amide bonds. The highest BCUT2D eigenvalue weighted by Gasteiger charge is 2.37. The van der Waals surface area contributed by atoms with Gasteiger partial charge in [0.25, 0.3) is 5.91 Å². The summed E-state index contributed by atoms with van der Waals surface area (Å²) in [6.45, 7) is 0. The summed E-state index contributed by atoms with van der Waals surface area (Å²) in [7, 11) is 0.593. The largest absolute Gasteiger partial charge is 0.363 e. The molecule has 2 aliphatic heterocycles. The van der Waals surface area contributed by atoms with Crippen molar-refractivity contribution in [3.8, 4) is 0 Å². The van der Waals surface area contributed by atoms with Crippen molar-refractivity contribution in [2.75, 3.05) is 35.8 Å². The summed E-state index contributed by atoms with van der Waals surface area (Å²) in [5.74, 6) is 0.0377. The van der Waals surface area contributed by atoms with Crippen molar-refractivity contribution >= 4 is 38.9 Å². The van der Waals surface area contributed by atoms with E-state index in [1.165, 1.54) is 5.01 Å². The van der Waals surface area contributed by atoms with Crippen molar-refractivity contribution < 1.29 is 18.0 Å². The van der Waals surface area contributed by atoms with E-state index in [2.05, 4.69) is 15.4 Å². The van der Waals surface area contributed by atoms with Crippen LogP contribution in [0.1, 0.15) is 19.3 Å². The molecule has 0 unspecified atom stereocenters. The molecule has 0 radical (unpaired) electrons. The Morgan fingerprint density at radius 1 is 1.31 bits per heavy atom. The van der Waals surface area contributed by atoms with Crippen LogP contribution >= 0.6 is 0 Å². The van der Waals surface area contributed by atoms with Crippen molar-refractivity contribution in [2.45, 2.75) is 25.3 Å². The van der Waals surface area contributed by atoms with E-state index in [9.17, 15) is 18.0 Å². The number of sulfone groups is 1. The molecular formula is C16H21N5O4S. The van der Waals surface area contributed by atoms with Crippen LogP contribution in [0.2, 0.25) is 0 Å². The molecule has 9 nitrogen and oxygen atoms in total. The molecule has 0 spiro atoms. The zero-order chi connectivity index (χ0) is 18.9. The Balaban J connectivity index is 1.72. The number of pyridine rings is 1. The van der Waals surface area contributed by atoms with Gasteiger partial charge in [-0.1, -0.05) is 0 Å². The molecule has 140 valence electrons. The molecule has 0 saturated carbocycles. The Labute approximate surface area is 152 Å². The number of amides is 2. The molecule has 0 bridgehead atoms. The number of hydrogen-bond acceptors (Lipinski definition) is 7. The number of nitrogens with zero attached hydrogens (tertiary/aromatic N) is 4. The van der Waals surface area contributed by atoms with Gasteiger partial charge in [0.15, 0.2) is 9.84 Å². The number of hydrogen-bond donors (Lipinski definition) is 1. The van der Waals surface area contributed by atoms with E-state index in [0.29, 0.717) is 12.1 Å². The molecule has 1 aromatic heterocycles. The number of carbonyl (C=O) groups excluding carboxylic acids is 2. The summed E-state index contributed by atoms with van der Waals surface area (Å²) in [5.41, 5.74) is 0.737. The second kappa shape index (κ2) is 7.02. The molecule has 1 aromatic rings. The van der Waals surface area contributed by atoms with Gasteiger partial charge in [-0.3, -0.25) is 9.59 Å². The Bertz CT molecular complexity index is 848. The fourth-order valence-corrected chi connectivity index (χ4v) is 4.61. The molecule has 3 rings (SSSR count). The highest BCUT2D eigenvalue weighted by molar-refractivity contribution is 7.91. The van der Waals surface area contributed by atoms with Crippen molar-refractivity contribution in [1.29, 1.82) is 0 Å². The first-order valence-corrected chi connectivity index (χ1v) is 10.1. The van der Waals surface area contributed by atoms with Gasteiger partial charge < -0.3 is 10.2 Å². The van der Waals surface area contributed by atoms with Crippen LogP contribution < -0.4 is 10.2 Å². The molecule has 1 saturated heterocycles. The number of nitrogens with one attached hydrogen (secondary N) is 1. The van der Waals surface area contributed by atoms with Gasteiger partial charge in [0, 0.05) is 26.9 Å². The highest BCUT2D eigenvalue weighted by atomic mass is 32.2. The zero-order valence-electron chi connectivity index (χ0n) is 14.7. The second-order valence-electron chi connectivity index (χ2n) is 6.60. The Morgan fingerprint density at radius 2 is 2.08 bits per heavy atom. The van der Waals surface area contributed by atoms with Crippen molar-refractivity contribution in [1.82, 2.24) is 9.99 Å². The lowest BCUT2D eigenvalue weighted by Crippen LogP contribution is -2.42. The van der Waals surface area contributed by atoms with Gasteiger partial charge in [0.05, 0.1) is 29.4 Å². The molecule has 3 heterocycles. The lowest BCUT2D eigenvalue weighted by molar-refractivity contribution is -0.133. The maximum atomic E-state index is 12.4. The summed E-state index contributed by atoms with van der Waals surface area (Å²) < 4.78 is 23.3. The highest BCUT2D eigenvalue weighted by Crippen LogP contribution is 2.22. The summed E-state index contributed by atoms with van der Waals surface area (Å²) in [5, 5.41) is 8.04. The van der Waals surface area contributed by atoms with Gasteiger partial charge in [0.1, 0.15) is 11.5 Å². The normalized spacial score (nSPS) is 22.1. The fourth-order valence-electron chi connectivity index (χ4n) is 2.92. The Morgan fingerprint density at radius 3 is 2.65 bits per heavy atom. The average Bonchev–Trinajstić information content (AvgIpc) is 2.95. The SMILES string of the molecule is CN(C)c1ccc(NC(=O)C2=NN([C@H]3CCS(=O)(=O)C3)C(=O)CC2)cn1. The van der Waals surface area contributed by atoms with Crippen LogP contribution in [0.3, 0.4) is 0 Å². The fraction of sp³-hybridized carbons (Fsp3) is 0.500. The van der Waals surface area contributed by atoms with E-state index in [4.69, 9.17) is 0 Å². The minimum Gasteiger partial charge on any atom is -0.363 e. The molecule has 10 heteroatoms. The van der Waals surface area contributed by atoms with E-state index >= 15 is 0 Å². The van der Waals surface area contributed by atoms with Crippen LogP contribution in [-0.4, -0.2) is 67.6 Å². The predicted octanol–water partition coefficient (Wildman–Crippen LogP) is 0.252. The smallest absolute Gasteiger partial charge is 0.271 e. The van der Waals surface area contributed by atoms with Gasteiger partial charge in [-0.15, -0.1) is 0 Å². The second-order valence-corrected chi connectivity index (χ2v) is 8.82. The molecule has 26 heavy (non-hydrogen) atoms. The molecular weight excluding hydrogens is 358 g/mol. The summed E-state index contributed by atoms with van der Waals surface area (Å²) in [6.07, 6.45) is 2.26. The molecule has 2 aliphatic rings. The first-order chi connectivity index (χ1) is 12.2. The van der Waals surface area contributed by atoms with Crippen LogP contribution in [-0.2, 0) is 19.4 Å². The first-order valence-electron chi connectivity index (χ1n) is 8.30. The maximum Gasteiger partial charge on any atom is 0.271 e. The minimum atomic E-state index is -3.14. The van der Waals surface area contributed by atoms with Gasteiger partial charge in [-0.2, -0.15) is 5.10 Å². The minimum absolute atomic E-state index is 0.0440. The van der Waals surface area contributed by atoms with Crippen LogP contribution in [0.25, 0.3) is 0 Å². The van der Waals surface area contributed by atoms with E-state index in [1.54, 1.807) is 18.3 Å². The van der Waals surface area contributed by atoms with Gasteiger partial charge in [-0.05, 0) is 18.6 Å². The summed E-state index contributed by atoms with van der Waals surface area (Å²) >= 11 is 0. The standard InChI is InChI=1S/C16H21N5O4S/c1-20(2)14-5-3-11(9-17-14)18-16(23)13-4-6-15(22)21(19-13)12-7-8-26(24,25)10-12/h3,5,9,12H,4,6-8,10H2,1-2H3,(H,18,23)/t12-/m0/s1. The molecule has 1 fully saturated rings. The lowest BCUT2D eigenvalue weighted by Gasteiger charge is -2.27. The van der Waals surface area contributed by atoms with Crippen LogP contribution in [0.5, 0.6) is 0 Å². The Kier molecular flexibility index (Phi) is 4.94. The van der Waals surface area contributed by atoms with Crippen LogP contribution in [0.15, 0.2) is 23.4 Å². The van der Waals surface area contributed by atoms with Crippen molar-refractivity contribution in [3.63, 3.8) is 0 Å². The maximum absolute atomic E-state index is 12.4. The number of anilines is 2. The third kappa shape index (κ3) is 4.01. The third-order valence-electron chi connectivity index (χ3n) is 4.34. The number of rotatable bonds is 4. The van der Waals surface area contributed by atoms with Crippen LogP contribution in [0.4, 0.5) is 11.5 Å². The zero-order valence-corrected chi connectivity index (χ0v) is 15.5. The third-order valence-corrected chi connectivity index (χ3v) is 6.09. The van der Waals surface area contributed by atoms with Crippen molar-refractivity contribution in [3.05, 3.63) is 18.3 Å². The monoisotopic (exact) mass is 379 g/mol. The lowest BCUT2D eigenvalue weighted by atomic mass is 10.1. The first kappa shape index (κ1) is 18.3. The predicted molar refractivity (Wildman–Crippen MR) is 97.8 cm³/mol. The van der Waals surface area contributed by atoms with E-state index in [0.717, 1.165) is 5.82 Å².